The van der Waals surface area contributed by atoms with Crippen molar-refractivity contribution >= 4 is 33.0 Å². The molecule has 0 amide bonds. The van der Waals surface area contributed by atoms with E-state index >= 15 is 0 Å². The van der Waals surface area contributed by atoms with Crippen LogP contribution in [0.25, 0.3) is 10.6 Å². The Morgan fingerprint density at radius 1 is 1.18 bits per heavy atom. The number of nitrogens with zero attached hydrogens (tertiary/aromatic N) is 3. The van der Waals surface area contributed by atoms with Crippen molar-refractivity contribution in [2.45, 2.75) is 31.7 Å². The molecule has 9 nitrogen and oxygen atoms in total. The molecule has 1 aromatic carbocycles. The van der Waals surface area contributed by atoms with Gasteiger partial charge in [-0.2, -0.15) is 13.2 Å². The topological polar surface area (TPSA) is 118 Å². The maximum atomic E-state index is 14.7. The molecule has 206 valence electrons. The Morgan fingerprint density at radius 2 is 1.95 bits per heavy atom. The van der Waals surface area contributed by atoms with Crippen molar-refractivity contribution in [3.63, 3.8) is 0 Å². The molecular formula is C21H20F6N6O3S2. The van der Waals surface area contributed by atoms with Crippen molar-refractivity contribution in [2.24, 2.45) is 0 Å². The lowest BCUT2D eigenvalue weighted by Gasteiger charge is -2.26. The highest BCUT2D eigenvalue weighted by atomic mass is 32.2. The summed E-state index contributed by atoms with van der Waals surface area (Å²) >= 11 is 1.13. The van der Waals surface area contributed by atoms with Gasteiger partial charge in [0.2, 0.25) is 21.9 Å². The van der Waals surface area contributed by atoms with Crippen LogP contribution in [0.5, 0.6) is 11.6 Å². The maximum Gasteiger partial charge on any atom is 0.404 e. The number of ether oxygens (including phenoxy) is 1. The van der Waals surface area contributed by atoms with Crippen LogP contribution in [-0.4, -0.2) is 60.6 Å². The molecule has 3 heterocycles. The third kappa shape index (κ3) is 7.22. The minimum Gasteiger partial charge on any atom is -0.434 e. The van der Waals surface area contributed by atoms with Gasteiger partial charge in [0.25, 0.3) is 0 Å². The Labute approximate surface area is 216 Å². The summed E-state index contributed by atoms with van der Waals surface area (Å²) < 4.78 is 110. The first kappa shape index (κ1) is 27.8. The van der Waals surface area contributed by atoms with E-state index in [0.717, 1.165) is 11.3 Å². The highest BCUT2D eigenvalue weighted by Gasteiger charge is 2.35. The molecule has 2 atom stereocenters. The van der Waals surface area contributed by atoms with E-state index in [2.05, 4.69) is 25.6 Å². The van der Waals surface area contributed by atoms with Crippen LogP contribution in [-0.2, 0) is 10.0 Å². The van der Waals surface area contributed by atoms with Gasteiger partial charge in [-0.1, -0.05) is 0 Å². The van der Waals surface area contributed by atoms with Crippen LogP contribution in [0.15, 0.2) is 24.4 Å². The van der Waals surface area contributed by atoms with Crippen LogP contribution in [0, 0.1) is 18.6 Å². The standard InChI is InChI=1S/C21H20F6N6O3S2/c1-10-30-19(18(37-10)15-2-3-29-20(32-15)31-12-4-11(22)7-28-8-12)36-17-6-13(23)16(5-14(17)24)33-38(34,35)9-21(25,26)27/h2-3,5-6,11-12,28,33H,4,7-9H2,1H3,(H,29,31,32)/t11-,12-/m0/s1. The third-order valence-electron chi connectivity index (χ3n) is 5.07. The molecule has 2 aromatic heterocycles. The fourth-order valence-corrected chi connectivity index (χ4v) is 5.40. The molecule has 0 saturated carbocycles. The Hall–Kier alpha value is -3.18. The van der Waals surface area contributed by atoms with Gasteiger partial charge in [-0.25, -0.2) is 36.5 Å². The summed E-state index contributed by atoms with van der Waals surface area (Å²) in [5, 5.41) is 6.47. The lowest BCUT2D eigenvalue weighted by molar-refractivity contribution is -0.106. The van der Waals surface area contributed by atoms with Gasteiger partial charge in [0.05, 0.1) is 16.4 Å². The second-order valence-corrected chi connectivity index (χ2v) is 11.2. The molecule has 1 fully saturated rings. The van der Waals surface area contributed by atoms with E-state index in [1.165, 1.54) is 17.0 Å². The van der Waals surface area contributed by atoms with E-state index in [1.807, 2.05) is 0 Å². The van der Waals surface area contributed by atoms with Gasteiger partial charge in [-0.05, 0) is 13.0 Å². The van der Waals surface area contributed by atoms with Crippen LogP contribution in [0.1, 0.15) is 11.4 Å². The van der Waals surface area contributed by atoms with Crippen molar-refractivity contribution < 1.29 is 39.5 Å². The summed E-state index contributed by atoms with van der Waals surface area (Å²) in [5.74, 6) is -5.55. The minimum absolute atomic E-state index is 0.149. The van der Waals surface area contributed by atoms with E-state index in [-0.39, 0.29) is 30.8 Å². The van der Waals surface area contributed by atoms with Gasteiger partial charge in [0.15, 0.2) is 23.1 Å². The predicted octanol–water partition coefficient (Wildman–Crippen LogP) is 4.39. The fraction of sp³-hybridized carbons (Fsp3) is 0.381. The van der Waals surface area contributed by atoms with Crippen LogP contribution in [0.2, 0.25) is 0 Å². The van der Waals surface area contributed by atoms with E-state index in [9.17, 15) is 34.8 Å². The number of thiazole rings is 1. The number of aromatic nitrogens is 3. The number of benzene rings is 1. The molecule has 3 N–H and O–H groups in total. The maximum absolute atomic E-state index is 14.7. The van der Waals surface area contributed by atoms with Crippen molar-refractivity contribution in [2.75, 3.05) is 28.9 Å². The lowest BCUT2D eigenvalue weighted by atomic mass is 10.1. The van der Waals surface area contributed by atoms with Crippen molar-refractivity contribution in [1.29, 1.82) is 0 Å². The van der Waals surface area contributed by atoms with Crippen molar-refractivity contribution in [3.05, 3.63) is 41.0 Å². The molecule has 1 aliphatic rings. The average molecular weight is 583 g/mol. The molecule has 17 heteroatoms. The molecule has 0 radical (unpaired) electrons. The first-order valence-electron chi connectivity index (χ1n) is 10.9. The van der Waals surface area contributed by atoms with Gasteiger partial charge >= 0.3 is 6.18 Å². The van der Waals surface area contributed by atoms with E-state index in [0.29, 0.717) is 34.3 Å². The summed E-state index contributed by atoms with van der Waals surface area (Å²) in [6, 6.07) is 2.12. The zero-order valence-electron chi connectivity index (χ0n) is 19.4. The van der Waals surface area contributed by atoms with Crippen LogP contribution < -0.4 is 20.1 Å². The first-order chi connectivity index (χ1) is 17.8. The van der Waals surface area contributed by atoms with Gasteiger partial charge in [-0.15, -0.1) is 11.3 Å². The molecule has 0 spiro atoms. The molecular weight excluding hydrogens is 562 g/mol. The summed E-state index contributed by atoms with van der Waals surface area (Å²) in [5.41, 5.74) is -0.700. The quantitative estimate of drug-likeness (QED) is 0.335. The second-order valence-electron chi connectivity index (χ2n) is 8.31. The van der Waals surface area contributed by atoms with Crippen LogP contribution in [0.3, 0.4) is 0 Å². The molecule has 38 heavy (non-hydrogen) atoms. The number of hydrogen-bond donors (Lipinski definition) is 3. The zero-order chi connectivity index (χ0) is 27.7. The summed E-state index contributed by atoms with van der Waals surface area (Å²) in [6.45, 7) is 2.40. The molecule has 1 saturated heterocycles. The normalized spacial score (nSPS) is 18.3. The number of aryl methyl sites for hydroxylation is 1. The highest BCUT2D eigenvalue weighted by molar-refractivity contribution is 7.92. The SMILES string of the molecule is Cc1nc(Oc2cc(F)c(NS(=O)(=O)CC(F)(F)F)cc2F)c(-c2ccnc(N[C@@H]3CNC[C@@H](F)C3)n2)s1. The number of nitrogens with one attached hydrogen (secondary N) is 3. The number of piperidine rings is 1. The van der Waals surface area contributed by atoms with E-state index in [1.54, 1.807) is 6.92 Å². The molecule has 0 aliphatic carbocycles. The van der Waals surface area contributed by atoms with E-state index in [4.69, 9.17) is 4.74 Å². The van der Waals surface area contributed by atoms with Gasteiger partial charge < -0.3 is 15.4 Å². The minimum atomic E-state index is -5.08. The Morgan fingerprint density at radius 3 is 2.66 bits per heavy atom. The Bertz CT molecular complexity index is 1420. The van der Waals surface area contributed by atoms with Crippen molar-refractivity contribution in [1.82, 2.24) is 20.3 Å². The summed E-state index contributed by atoms with van der Waals surface area (Å²) in [4.78, 5) is 13.0. The number of hydrogen-bond acceptors (Lipinski definition) is 9. The smallest absolute Gasteiger partial charge is 0.404 e. The molecule has 4 rings (SSSR count). The van der Waals surface area contributed by atoms with Crippen LogP contribution in [0.4, 0.5) is 38.0 Å². The number of rotatable bonds is 8. The number of anilines is 2. The second kappa shape index (κ2) is 10.9. The van der Waals surface area contributed by atoms with Gasteiger partial charge in [0.1, 0.15) is 11.0 Å². The van der Waals surface area contributed by atoms with Gasteiger partial charge in [-0.3, -0.25) is 4.72 Å². The zero-order valence-corrected chi connectivity index (χ0v) is 21.1. The van der Waals surface area contributed by atoms with Crippen LogP contribution >= 0.6 is 11.3 Å². The first-order valence-corrected chi connectivity index (χ1v) is 13.4. The Kier molecular flexibility index (Phi) is 7.98. The average Bonchev–Trinajstić information content (AvgIpc) is 3.15. The predicted molar refractivity (Wildman–Crippen MR) is 128 cm³/mol. The van der Waals surface area contributed by atoms with Gasteiger partial charge in [0, 0.05) is 43.9 Å². The molecule has 1 aliphatic heterocycles. The molecule has 3 aromatic rings. The largest absolute Gasteiger partial charge is 0.434 e. The van der Waals surface area contributed by atoms with E-state index < -0.39 is 51.2 Å². The van der Waals surface area contributed by atoms with Crippen molar-refractivity contribution in [3.8, 4) is 22.2 Å². The third-order valence-corrected chi connectivity index (χ3v) is 7.28. The monoisotopic (exact) mass is 582 g/mol. The Balaban J connectivity index is 1.56. The highest BCUT2D eigenvalue weighted by Crippen LogP contribution is 2.39. The summed E-state index contributed by atoms with van der Waals surface area (Å²) in [7, 11) is -5.04. The molecule has 0 unspecified atom stereocenters. The molecule has 0 bridgehead atoms. The number of alkyl halides is 4. The lowest BCUT2D eigenvalue weighted by Crippen LogP contribution is -2.44. The number of halogens is 6. The fourth-order valence-electron chi connectivity index (χ4n) is 3.58. The summed E-state index contributed by atoms with van der Waals surface area (Å²) in [6.07, 6.45) is -4.39. The number of sulfonamides is 1.